The van der Waals surface area contributed by atoms with Crippen LogP contribution in [-0.4, -0.2) is 12.6 Å². The van der Waals surface area contributed by atoms with Gasteiger partial charge in [0.25, 0.3) is 0 Å². The highest BCUT2D eigenvalue weighted by molar-refractivity contribution is 5.76. The quantitative estimate of drug-likeness (QED) is 0.526. The van der Waals surface area contributed by atoms with Crippen LogP contribution in [0.2, 0.25) is 0 Å². The first-order valence-electron chi connectivity index (χ1n) is 6.67. The summed E-state index contributed by atoms with van der Waals surface area (Å²) in [5, 5.41) is 0. The minimum atomic E-state index is -0.206. The van der Waals surface area contributed by atoms with E-state index < -0.39 is 0 Å². The molecule has 16 heavy (non-hydrogen) atoms. The van der Waals surface area contributed by atoms with Crippen molar-refractivity contribution in [2.45, 2.75) is 59.8 Å². The van der Waals surface area contributed by atoms with E-state index in [-0.39, 0.29) is 11.4 Å². The van der Waals surface area contributed by atoms with Crippen LogP contribution in [0.15, 0.2) is 0 Å². The molecule has 0 aromatic carbocycles. The molecule has 0 bridgehead atoms. The number of hydrogen-bond acceptors (Lipinski definition) is 2. The third-order valence-corrected chi connectivity index (χ3v) is 3.95. The predicted octanol–water partition coefficient (Wildman–Crippen LogP) is 3.79. The highest BCUT2D eigenvalue weighted by atomic mass is 16.5. The van der Waals surface area contributed by atoms with Crippen molar-refractivity contribution >= 4 is 5.97 Å². The first-order chi connectivity index (χ1) is 7.49. The Labute approximate surface area is 99.8 Å². The Morgan fingerprint density at radius 1 is 1.50 bits per heavy atom. The summed E-state index contributed by atoms with van der Waals surface area (Å²) in [7, 11) is 0. The second-order valence-corrected chi connectivity index (χ2v) is 5.80. The van der Waals surface area contributed by atoms with Gasteiger partial charge in [-0.15, -0.1) is 0 Å². The van der Waals surface area contributed by atoms with Crippen molar-refractivity contribution in [1.82, 2.24) is 0 Å². The van der Waals surface area contributed by atoms with Gasteiger partial charge in [-0.05, 0) is 44.4 Å². The molecule has 1 aliphatic rings. The minimum Gasteiger partial charge on any atom is -0.465 e. The summed E-state index contributed by atoms with van der Waals surface area (Å²) >= 11 is 0. The molecule has 94 valence electrons. The Balaban J connectivity index is 2.43. The van der Waals surface area contributed by atoms with E-state index >= 15 is 0 Å². The normalized spacial score (nSPS) is 29.7. The summed E-state index contributed by atoms with van der Waals surface area (Å²) in [5.41, 5.74) is -0.206. The van der Waals surface area contributed by atoms with E-state index in [2.05, 4.69) is 27.7 Å². The van der Waals surface area contributed by atoms with Crippen molar-refractivity contribution in [3.05, 3.63) is 0 Å². The van der Waals surface area contributed by atoms with Crippen molar-refractivity contribution < 1.29 is 9.53 Å². The van der Waals surface area contributed by atoms with E-state index in [9.17, 15) is 4.79 Å². The van der Waals surface area contributed by atoms with Crippen LogP contribution >= 0.6 is 0 Å². The molecule has 0 amide bonds. The van der Waals surface area contributed by atoms with E-state index in [1.165, 1.54) is 6.42 Å². The monoisotopic (exact) mass is 226 g/mol. The number of carbonyl (C=O) groups is 1. The van der Waals surface area contributed by atoms with Gasteiger partial charge in [0.2, 0.25) is 0 Å². The van der Waals surface area contributed by atoms with E-state index in [0.29, 0.717) is 18.4 Å². The second-order valence-electron chi connectivity index (χ2n) is 5.80. The third-order valence-electron chi connectivity index (χ3n) is 3.95. The van der Waals surface area contributed by atoms with Gasteiger partial charge in [-0.3, -0.25) is 4.79 Å². The minimum absolute atomic E-state index is 0.0316. The maximum absolute atomic E-state index is 12.0. The Hall–Kier alpha value is -0.530. The standard InChI is InChI=1S/C14H26O2/c1-5-6-9-16-13(15)14(4)8-7-12(10-14)11(2)3/h11-12H,5-10H2,1-4H3. The molecule has 0 N–H and O–H groups in total. The van der Waals surface area contributed by atoms with Crippen LogP contribution < -0.4 is 0 Å². The molecular formula is C14H26O2. The van der Waals surface area contributed by atoms with Crippen molar-refractivity contribution in [3.8, 4) is 0 Å². The van der Waals surface area contributed by atoms with Crippen LogP contribution in [0.5, 0.6) is 0 Å². The average molecular weight is 226 g/mol. The van der Waals surface area contributed by atoms with Crippen LogP contribution in [0.3, 0.4) is 0 Å². The summed E-state index contributed by atoms with van der Waals surface area (Å²) in [6, 6.07) is 0. The predicted molar refractivity (Wildman–Crippen MR) is 66.2 cm³/mol. The zero-order valence-electron chi connectivity index (χ0n) is 11.2. The van der Waals surface area contributed by atoms with Gasteiger partial charge in [-0.25, -0.2) is 0 Å². The maximum atomic E-state index is 12.0. The lowest BCUT2D eigenvalue weighted by Gasteiger charge is -2.23. The molecule has 2 heteroatoms. The first kappa shape index (κ1) is 13.5. The van der Waals surface area contributed by atoms with Crippen molar-refractivity contribution in [2.75, 3.05) is 6.61 Å². The lowest BCUT2D eigenvalue weighted by molar-refractivity contribution is -0.154. The number of esters is 1. The SMILES string of the molecule is CCCCOC(=O)C1(C)CCC(C(C)C)C1. The molecule has 2 nitrogen and oxygen atoms in total. The first-order valence-corrected chi connectivity index (χ1v) is 6.67. The summed E-state index contributed by atoms with van der Waals surface area (Å²) < 4.78 is 5.36. The van der Waals surface area contributed by atoms with Gasteiger partial charge < -0.3 is 4.74 Å². The van der Waals surface area contributed by atoms with E-state index in [4.69, 9.17) is 4.74 Å². The Morgan fingerprint density at radius 3 is 2.69 bits per heavy atom. The van der Waals surface area contributed by atoms with Gasteiger partial charge in [0.1, 0.15) is 0 Å². The zero-order valence-corrected chi connectivity index (χ0v) is 11.2. The van der Waals surface area contributed by atoms with Gasteiger partial charge in [0, 0.05) is 0 Å². The molecule has 1 aliphatic carbocycles. The van der Waals surface area contributed by atoms with Gasteiger partial charge in [0.05, 0.1) is 12.0 Å². The number of rotatable bonds is 5. The van der Waals surface area contributed by atoms with E-state index in [0.717, 1.165) is 25.7 Å². The van der Waals surface area contributed by atoms with Crippen LogP contribution in [0.1, 0.15) is 59.8 Å². The van der Waals surface area contributed by atoms with E-state index in [1.54, 1.807) is 0 Å². The number of hydrogen-bond donors (Lipinski definition) is 0. The summed E-state index contributed by atoms with van der Waals surface area (Å²) in [6.07, 6.45) is 5.25. The topological polar surface area (TPSA) is 26.3 Å². The van der Waals surface area contributed by atoms with Crippen LogP contribution in [-0.2, 0) is 9.53 Å². The fourth-order valence-corrected chi connectivity index (χ4v) is 2.52. The van der Waals surface area contributed by atoms with Crippen LogP contribution in [0.4, 0.5) is 0 Å². The highest BCUT2D eigenvalue weighted by Gasteiger charge is 2.43. The lowest BCUT2D eigenvalue weighted by Crippen LogP contribution is -2.28. The average Bonchev–Trinajstić information content (AvgIpc) is 2.63. The van der Waals surface area contributed by atoms with Gasteiger partial charge >= 0.3 is 5.97 Å². The summed E-state index contributed by atoms with van der Waals surface area (Å²) in [6.45, 7) is 9.28. The fraction of sp³-hybridized carbons (Fsp3) is 0.929. The molecule has 2 atom stereocenters. The lowest BCUT2D eigenvalue weighted by atomic mass is 9.85. The van der Waals surface area contributed by atoms with Gasteiger partial charge in [0.15, 0.2) is 0 Å². The van der Waals surface area contributed by atoms with Crippen LogP contribution in [0, 0.1) is 17.3 Å². The van der Waals surface area contributed by atoms with E-state index in [1.807, 2.05) is 0 Å². The van der Waals surface area contributed by atoms with Gasteiger partial charge in [-0.2, -0.15) is 0 Å². The fourth-order valence-electron chi connectivity index (χ4n) is 2.52. The third kappa shape index (κ3) is 3.23. The molecular weight excluding hydrogens is 200 g/mol. The summed E-state index contributed by atoms with van der Waals surface area (Å²) in [4.78, 5) is 12.0. The maximum Gasteiger partial charge on any atom is 0.311 e. The molecule has 0 saturated heterocycles. The van der Waals surface area contributed by atoms with Crippen molar-refractivity contribution in [3.63, 3.8) is 0 Å². The molecule has 0 aliphatic heterocycles. The molecule has 0 aromatic heterocycles. The smallest absolute Gasteiger partial charge is 0.311 e. The largest absolute Gasteiger partial charge is 0.465 e. The van der Waals surface area contributed by atoms with Gasteiger partial charge in [-0.1, -0.05) is 27.2 Å². The van der Waals surface area contributed by atoms with Crippen molar-refractivity contribution in [2.24, 2.45) is 17.3 Å². The highest BCUT2D eigenvalue weighted by Crippen LogP contribution is 2.45. The molecule has 1 saturated carbocycles. The summed E-state index contributed by atoms with van der Waals surface area (Å²) in [5.74, 6) is 1.41. The molecule has 0 spiro atoms. The zero-order chi connectivity index (χ0) is 12.2. The van der Waals surface area contributed by atoms with Crippen LogP contribution in [0.25, 0.3) is 0 Å². The molecule has 0 radical (unpaired) electrons. The molecule has 2 unspecified atom stereocenters. The molecule has 0 heterocycles. The molecule has 0 aromatic rings. The Kier molecular flexibility index (Phi) is 4.82. The Morgan fingerprint density at radius 2 is 2.19 bits per heavy atom. The molecule has 1 fully saturated rings. The number of ether oxygens (including phenoxy) is 1. The van der Waals surface area contributed by atoms with Crippen molar-refractivity contribution in [1.29, 1.82) is 0 Å². The molecule has 1 rings (SSSR count). The Bertz CT molecular complexity index is 235. The number of unbranched alkanes of at least 4 members (excludes halogenated alkanes) is 1. The number of carbonyl (C=O) groups excluding carboxylic acids is 1. The second kappa shape index (κ2) is 5.70.